The summed E-state index contributed by atoms with van der Waals surface area (Å²) in [6.45, 7) is 1.02. The molecule has 0 unspecified atom stereocenters. The first-order valence-corrected chi connectivity index (χ1v) is 5.43. The molecule has 0 fully saturated rings. The molecule has 1 aromatic rings. The lowest BCUT2D eigenvalue weighted by Gasteiger charge is -2.22. The van der Waals surface area contributed by atoms with E-state index in [9.17, 15) is 4.79 Å². The van der Waals surface area contributed by atoms with Crippen molar-refractivity contribution in [2.75, 3.05) is 32.2 Å². The number of carbonyl (C=O) groups is 1. The molecule has 0 aliphatic carbocycles. The van der Waals surface area contributed by atoms with Crippen molar-refractivity contribution in [3.8, 4) is 5.75 Å². The molecular formula is C12H18N2O3. The predicted octanol–water partition coefficient (Wildman–Crippen LogP) is 1.62. The summed E-state index contributed by atoms with van der Waals surface area (Å²) < 4.78 is 9.97. The zero-order chi connectivity index (χ0) is 12.7. The van der Waals surface area contributed by atoms with Gasteiger partial charge < -0.3 is 15.2 Å². The van der Waals surface area contributed by atoms with Crippen LogP contribution >= 0.6 is 0 Å². The molecule has 2 N–H and O–H groups in total. The standard InChI is InChI=1S/C12H18N2O3/c1-16-11-7-4-3-6-10(11)14(9-5-8-13)12(15)17-2/h3-4,6-7H,5,8-9,13H2,1-2H3. The Morgan fingerprint density at radius 3 is 2.65 bits per heavy atom. The van der Waals surface area contributed by atoms with Crippen LogP contribution < -0.4 is 15.4 Å². The van der Waals surface area contributed by atoms with E-state index in [-0.39, 0.29) is 0 Å². The molecule has 1 aromatic carbocycles. The normalized spacial score (nSPS) is 9.82. The summed E-state index contributed by atoms with van der Waals surface area (Å²) in [4.78, 5) is 13.2. The Balaban J connectivity index is 2.98. The molecule has 0 aliphatic heterocycles. The number of anilines is 1. The van der Waals surface area contributed by atoms with Gasteiger partial charge in [-0.15, -0.1) is 0 Å². The first kappa shape index (κ1) is 13.3. The van der Waals surface area contributed by atoms with E-state index in [1.807, 2.05) is 18.2 Å². The maximum Gasteiger partial charge on any atom is 0.414 e. The van der Waals surface area contributed by atoms with Crippen LogP contribution in [0.15, 0.2) is 24.3 Å². The zero-order valence-corrected chi connectivity index (χ0v) is 10.2. The summed E-state index contributed by atoms with van der Waals surface area (Å²) in [6.07, 6.45) is 0.288. The van der Waals surface area contributed by atoms with Crippen molar-refractivity contribution in [1.82, 2.24) is 0 Å². The Hall–Kier alpha value is -1.75. The molecule has 0 saturated heterocycles. The van der Waals surface area contributed by atoms with Crippen molar-refractivity contribution in [3.05, 3.63) is 24.3 Å². The number of para-hydroxylation sites is 2. The third kappa shape index (κ3) is 3.35. The highest BCUT2D eigenvalue weighted by atomic mass is 16.5. The van der Waals surface area contributed by atoms with Gasteiger partial charge in [-0.05, 0) is 25.1 Å². The summed E-state index contributed by atoms with van der Waals surface area (Å²) in [5, 5.41) is 0. The van der Waals surface area contributed by atoms with E-state index in [1.165, 1.54) is 12.0 Å². The molecule has 1 amide bonds. The second-order valence-corrected chi connectivity index (χ2v) is 3.44. The minimum atomic E-state index is -0.414. The van der Waals surface area contributed by atoms with Gasteiger partial charge in [-0.3, -0.25) is 4.90 Å². The maximum atomic E-state index is 11.7. The molecule has 0 atom stereocenters. The molecule has 17 heavy (non-hydrogen) atoms. The summed E-state index contributed by atoms with van der Waals surface area (Å²) in [6, 6.07) is 7.30. The minimum Gasteiger partial charge on any atom is -0.495 e. The fourth-order valence-electron chi connectivity index (χ4n) is 1.52. The quantitative estimate of drug-likeness (QED) is 0.846. The van der Waals surface area contributed by atoms with Crippen LogP contribution in [0.3, 0.4) is 0 Å². The lowest BCUT2D eigenvalue weighted by molar-refractivity contribution is 0.178. The van der Waals surface area contributed by atoms with Gasteiger partial charge in [-0.25, -0.2) is 4.79 Å². The van der Waals surface area contributed by atoms with Gasteiger partial charge in [0.25, 0.3) is 0 Å². The second-order valence-electron chi connectivity index (χ2n) is 3.44. The SMILES string of the molecule is COC(=O)N(CCCN)c1ccccc1OC. The van der Waals surface area contributed by atoms with Crippen molar-refractivity contribution >= 4 is 11.8 Å². The lowest BCUT2D eigenvalue weighted by atomic mass is 10.2. The fraction of sp³-hybridized carbons (Fsp3) is 0.417. The van der Waals surface area contributed by atoms with E-state index in [4.69, 9.17) is 15.2 Å². The number of benzene rings is 1. The van der Waals surface area contributed by atoms with Gasteiger partial charge >= 0.3 is 6.09 Å². The van der Waals surface area contributed by atoms with E-state index in [0.717, 1.165) is 0 Å². The Labute approximate surface area is 101 Å². The zero-order valence-electron chi connectivity index (χ0n) is 10.2. The van der Waals surface area contributed by atoms with Crippen LogP contribution in [0.1, 0.15) is 6.42 Å². The van der Waals surface area contributed by atoms with Gasteiger partial charge in [0.15, 0.2) is 0 Å². The van der Waals surface area contributed by atoms with Crippen LogP contribution in [0.25, 0.3) is 0 Å². The molecule has 0 radical (unpaired) electrons. The van der Waals surface area contributed by atoms with Crippen LogP contribution in [0.2, 0.25) is 0 Å². The molecular weight excluding hydrogens is 220 g/mol. The molecule has 0 bridgehead atoms. The molecule has 0 aromatic heterocycles. The van der Waals surface area contributed by atoms with Crippen LogP contribution in [0, 0.1) is 0 Å². The Kier molecular flexibility index (Phi) is 5.29. The Morgan fingerprint density at radius 2 is 2.06 bits per heavy atom. The molecule has 1 rings (SSSR count). The van der Waals surface area contributed by atoms with E-state index in [0.29, 0.717) is 30.9 Å². The van der Waals surface area contributed by atoms with Gasteiger partial charge in [0, 0.05) is 6.54 Å². The summed E-state index contributed by atoms with van der Waals surface area (Å²) in [7, 11) is 2.92. The van der Waals surface area contributed by atoms with Crippen LogP contribution in [0.5, 0.6) is 5.75 Å². The van der Waals surface area contributed by atoms with Crippen molar-refractivity contribution < 1.29 is 14.3 Å². The Bertz CT molecular complexity index is 369. The number of nitrogens with zero attached hydrogens (tertiary/aromatic N) is 1. The molecule has 5 nitrogen and oxygen atoms in total. The number of rotatable bonds is 5. The first-order chi connectivity index (χ1) is 8.24. The van der Waals surface area contributed by atoms with Crippen LogP contribution in [-0.2, 0) is 4.74 Å². The number of nitrogens with two attached hydrogens (primary N) is 1. The highest BCUT2D eigenvalue weighted by Crippen LogP contribution is 2.28. The van der Waals surface area contributed by atoms with Gasteiger partial charge in [0.05, 0.1) is 19.9 Å². The third-order valence-corrected chi connectivity index (χ3v) is 2.36. The van der Waals surface area contributed by atoms with Crippen molar-refractivity contribution in [3.63, 3.8) is 0 Å². The lowest BCUT2D eigenvalue weighted by Crippen LogP contribution is -2.33. The maximum absolute atomic E-state index is 11.7. The van der Waals surface area contributed by atoms with Gasteiger partial charge in [-0.1, -0.05) is 12.1 Å². The number of ether oxygens (including phenoxy) is 2. The van der Waals surface area contributed by atoms with E-state index in [1.54, 1.807) is 13.2 Å². The number of hydrogen-bond acceptors (Lipinski definition) is 4. The van der Waals surface area contributed by atoms with E-state index in [2.05, 4.69) is 0 Å². The summed E-state index contributed by atoms with van der Waals surface area (Å²) in [5.74, 6) is 0.634. The van der Waals surface area contributed by atoms with Crippen molar-refractivity contribution in [1.29, 1.82) is 0 Å². The molecule has 0 spiro atoms. The van der Waals surface area contributed by atoms with Gasteiger partial charge in [-0.2, -0.15) is 0 Å². The largest absolute Gasteiger partial charge is 0.495 e. The minimum absolute atomic E-state index is 0.414. The van der Waals surface area contributed by atoms with Gasteiger partial charge in [0.2, 0.25) is 0 Å². The average Bonchev–Trinajstić information content (AvgIpc) is 2.39. The van der Waals surface area contributed by atoms with Gasteiger partial charge in [0.1, 0.15) is 5.75 Å². The van der Waals surface area contributed by atoms with Crippen molar-refractivity contribution in [2.24, 2.45) is 5.73 Å². The highest BCUT2D eigenvalue weighted by molar-refractivity contribution is 5.89. The average molecular weight is 238 g/mol. The monoisotopic (exact) mass is 238 g/mol. The van der Waals surface area contributed by atoms with E-state index < -0.39 is 6.09 Å². The summed E-state index contributed by atoms with van der Waals surface area (Å²) >= 11 is 0. The number of amides is 1. The van der Waals surface area contributed by atoms with E-state index >= 15 is 0 Å². The smallest absolute Gasteiger partial charge is 0.414 e. The highest BCUT2D eigenvalue weighted by Gasteiger charge is 2.18. The molecule has 5 heteroatoms. The van der Waals surface area contributed by atoms with Crippen LogP contribution in [-0.4, -0.2) is 33.4 Å². The molecule has 0 aliphatic rings. The number of methoxy groups -OCH3 is 2. The Morgan fingerprint density at radius 1 is 1.35 bits per heavy atom. The third-order valence-electron chi connectivity index (χ3n) is 2.36. The van der Waals surface area contributed by atoms with Crippen LogP contribution in [0.4, 0.5) is 10.5 Å². The topological polar surface area (TPSA) is 64.8 Å². The first-order valence-electron chi connectivity index (χ1n) is 5.43. The molecule has 0 saturated carbocycles. The second kappa shape index (κ2) is 6.75. The number of hydrogen-bond donors (Lipinski definition) is 1. The number of carbonyl (C=O) groups excluding carboxylic acids is 1. The molecule has 94 valence electrons. The predicted molar refractivity (Wildman–Crippen MR) is 66.4 cm³/mol. The van der Waals surface area contributed by atoms with Crippen molar-refractivity contribution in [2.45, 2.75) is 6.42 Å². The summed E-state index contributed by atoms with van der Waals surface area (Å²) in [5.41, 5.74) is 6.15. The fourth-order valence-corrected chi connectivity index (χ4v) is 1.52. The molecule has 0 heterocycles.